The van der Waals surface area contributed by atoms with Gasteiger partial charge in [-0.05, 0) is 18.2 Å². The summed E-state index contributed by atoms with van der Waals surface area (Å²) in [5, 5.41) is 11.5. The highest BCUT2D eigenvalue weighted by molar-refractivity contribution is 8.93. The predicted molar refractivity (Wildman–Crippen MR) is 151 cm³/mol. The van der Waals surface area contributed by atoms with Crippen LogP contribution in [0, 0.1) is 0 Å². The minimum Gasteiger partial charge on any atom is -1.00 e. The maximum absolute atomic E-state index is 8.25. The van der Waals surface area contributed by atoms with Gasteiger partial charge in [-0.15, -0.1) is 17.0 Å². The molecular formula is C28H31Br3N6O. The molecule has 7 nitrogen and oxygen atoms in total. The number of para-hydroxylation sites is 3. The number of anilines is 3. The van der Waals surface area contributed by atoms with Crippen LogP contribution in [0.2, 0.25) is 0 Å². The molecule has 0 aliphatic heterocycles. The van der Waals surface area contributed by atoms with Crippen LogP contribution in [-0.4, -0.2) is 7.11 Å². The van der Waals surface area contributed by atoms with E-state index in [2.05, 4.69) is 15.0 Å². The van der Waals surface area contributed by atoms with Crippen LogP contribution in [0.15, 0.2) is 110 Å². The second-order valence-corrected chi connectivity index (χ2v) is 7.44. The number of nitrogen functional groups attached to an aromatic ring is 3. The van der Waals surface area contributed by atoms with Gasteiger partial charge in [0.2, 0.25) is 16.6 Å². The Balaban J connectivity index is 0.000000504. The number of H-pyrrole nitrogens is 3. The number of fused-ring (bicyclic) bond motifs is 3. The number of hydrogen-bond acceptors (Lipinski definition) is 4. The van der Waals surface area contributed by atoms with E-state index < -0.39 is 0 Å². The van der Waals surface area contributed by atoms with Crippen molar-refractivity contribution in [2.75, 3.05) is 24.3 Å². The number of rotatable bonds is 0. The predicted octanol–water partition coefficient (Wildman–Crippen LogP) is -2.73. The van der Waals surface area contributed by atoms with Crippen LogP contribution in [0.3, 0.4) is 0 Å². The highest BCUT2D eigenvalue weighted by Gasteiger charge is 2.01. The van der Waals surface area contributed by atoms with Crippen LogP contribution in [0.25, 0.3) is 32.7 Å². The van der Waals surface area contributed by atoms with Crippen molar-refractivity contribution in [3.05, 3.63) is 110 Å². The molecule has 0 saturated heterocycles. The standard InChI is InChI=1S/3C9H8N2.CH3O.3BrH/c3*10-8-5-6-11-9-4-2-1-3-7(8)9;1-2;;;/h3*1-6H,(H2,10,11);1H3;3*1H/q;;;-1;;;/p+1. The van der Waals surface area contributed by atoms with Gasteiger partial charge in [0, 0.05) is 36.4 Å². The molecule has 0 aliphatic rings. The molecule has 10 heteroatoms. The summed E-state index contributed by atoms with van der Waals surface area (Å²) in [6.07, 6.45) is 5.53. The van der Waals surface area contributed by atoms with Gasteiger partial charge in [0.1, 0.15) is 0 Å². The summed E-state index contributed by atoms with van der Waals surface area (Å²) in [7, 11) is 0.750. The first-order valence-corrected chi connectivity index (χ1v) is 11.0. The highest BCUT2D eigenvalue weighted by Crippen LogP contribution is 2.16. The Morgan fingerprint density at radius 3 is 0.921 bits per heavy atom. The number of benzene rings is 3. The number of halogens is 3. The number of nitrogens with two attached hydrogens (primary N) is 3. The van der Waals surface area contributed by atoms with Gasteiger partial charge >= 0.3 is 0 Å². The molecule has 6 rings (SSSR count). The van der Waals surface area contributed by atoms with Crippen molar-refractivity contribution in [2.24, 2.45) is 0 Å². The molecule has 3 aromatic heterocycles. The Morgan fingerprint density at radius 2 is 0.684 bits per heavy atom. The number of aromatic nitrogens is 3. The van der Waals surface area contributed by atoms with E-state index in [1.807, 2.05) is 110 Å². The summed E-state index contributed by atoms with van der Waals surface area (Å²) in [6.45, 7) is 0. The van der Waals surface area contributed by atoms with Crippen LogP contribution in [0.1, 0.15) is 0 Å². The van der Waals surface area contributed by atoms with E-state index in [-0.39, 0.29) is 50.9 Å². The van der Waals surface area contributed by atoms with E-state index in [1.165, 1.54) is 0 Å². The lowest BCUT2D eigenvalue weighted by Gasteiger charge is -1.93. The van der Waals surface area contributed by atoms with Crippen molar-refractivity contribution in [3.63, 3.8) is 0 Å². The number of hydrogen-bond donors (Lipinski definition) is 3. The quantitative estimate of drug-likeness (QED) is 0.158. The first-order chi connectivity index (χ1) is 17.1. The van der Waals surface area contributed by atoms with Gasteiger partial charge in [-0.2, -0.15) is 7.11 Å². The molecule has 0 radical (unpaired) electrons. The van der Waals surface area contributed by atoms with E-state index in [0.717, 1.165) is 56.9 Å². The van der Waals surface area contributed by atoms with Crippen LogP contribution in [-0.2, 0) is 0 Å². The Kier molecular flexibility index (Phi) is 16.5. The maximum Gasteiger partial charge on any atom is 0.212 e. The topological polar surface area (TPSA) is 144 Å². The third-order valence-corrected chi connectivity index (χ3v) is 5.22. The highest BCUT2D eigenvalue weighted by atomic mass is 79.9. The smallest absolute Gasteiger partial charge is 0.212 e. The first kappa shape index (κ1) is 34.7. The van der Waals surface area contributed by atoms with Gasteiger partial charge in [0.05, 0.1) is 33.2 Å². The first-order valence-electron chi connectivity index (χ1n) is 11.0. The molecule has 0 fully saturated rings. The average molecular weight is 707 g/mol. The van der Waals surface area contributed by atoms with Crippen molar-refractivity contribution >= 4 is 66.8 Å². The van der Waals surface area contributed by atoms with E-state index in [9.17, 15) is 0 Å². The molecule has 0 bridgehead atoms. The lowest BCUT2D eigenvalue weighted by molar-refractivity contribution is -0.344. The lowest BCUT2D eigenvalue weighted by atomic mass is 10.2. The molecule has 0 unspecified atom stereocenters. The molecular weight excluding hydrogens is 676 g/mol. The summed E-state index contributed by atoms with van der Waals surface area (Å²) in [5.74, 6) is 0. The summed E-state index contributed by atoms with van der Waals surface area (Å²) in [4.78, 5) is 9.33. The molecule has 0 aliphatic carbocycles. The molecule has 38 heavy (non-hydrogen) atoms. The van der Waals surface area contributed by atoms with E-state index in [4.69, 9.17) is 22.3 Å². The Bertz CT molecular complexity index is 1340. The summed E-state index contributed by atoms with van der Waals surface area (Å²) in [6, 6.07) is 29.5. The van der Waals surface area contributed by atoms with Crippen molar-refractivity contribution in [1.29, 1.82) is 0 Å². The van der Waals surface area contributed by atoms with Gasteiger partial charge in [-0.1, -0.05) is 36.4 Å². The third-order valence-electron chi connectivity index (χ3n) is 5.22. The van der Waals surface area contributed by atoms with Crippen LogP contribution in [0.4, 0.5) is 17.1 Å². The van der Waals surface area contributed by atoms with Crippen molar-refractivity contribution in [2.45, 2.75) is 0 Å². The summed E-state index contributed by atoms with van der Waals surface area (Å²) in [5.41, 5.74) is 22.9. The zero-order valence-electron chi connectivity index (χ0n) is 20.7. The monoisotopic (exact) mass is 704 g/mol. The molecule has 0 atom stereocenters. The number of nitrogens with one attached hydrogen (secondary N) is 3. The number of pyridine rings is 3. The molecule has 0 spiro atoms. The van der Waals surface area contributed by atoms with E-state index in [1.54, 1.807) is 0 Å². The minimum atomic E-state index is 0. The number of aromatic amines is 3. The fourth-order valence-electron chi connectivity index (χ4n) is 3.52. The van der Waals surface area contributed by atoms with E-state index in [0.29, 0.717) is 0 Å². The van der Waals surface area contributed by atoms with Gasteiger partial charge in [0.15, 0.2) is 18.6 Å². The molecule has 0 amide bonds. The fourth-order valence-corrected chi connectivity index (χ4v) is 3.52. The molecule has 3 heterocycles. The molecule has 200 valence electrons. The van der Waals surface area contributed by atoms with Crippen LogP contribution >= 0.6 is 17.0 Å². The summed E-state index contributed by atoms with van der Waals surface area (Å²) >= 11 is 0. The van der Waals surface area contributed by atoms with Gasteiger partial charge in [0.25, 0.3) is 0 Å². The van der Waals surface area contributed by atoms with Gasteiger partial charge < -0.3 is 56.3 Å². The Morgan fingerprint density at radius 1 is 0.447 bits per heavy atom. The van der Waals surface area contributed by atoms with Crippen molar-refractivity contribution in [1.82, 2.24) is 0 Å². The van der Waals surface area contributed by atoms with Crippen LogP contribution in [0.5, 0.6) is 0 Å². The Hall–Kier alpha value is -3.31. The molecule has 6 aromatic rings. The van der Waals surface area contributed by atoms with E-state index >= 15 is 0 Å². The second kappa shape index (κ2) is 18.0. The zero-order valence-corrected chi connectivity index (χ0v) is 25.6. The van der Waals surface area contributed by atoms with Crippen LogP contribution < -0.4 is 71.2 Å². The lowest BCUT2D eigenvalue weighted by Crippen LogP contribution is -3.00. The van der Waals surface area contributed by atoms with Crippen molar-refractivity contribution in [3.8, 4) is 0 Å². The molecule has 3 aromatic carbocycles. The SMILES string of the molecule is Br.C[O-].Nc1cc[nH+]c2ccccc12.Nc1cc[nH+]c2ccccc12.Nc1cc[nH+]c2ccccc12.[Br-].[Br-]. The Labute approximate surface area is 253 Å². The van der Waals surface area contributed by atoms with Gasteiger partial charge in [-0.25, -0.2) is 15.0 Å². The van der Waals surface area contributed by atoms with Gasteiger partial charge in [-0.3, -0.25) is 0 Å². The van der Waals surface area contributed by atoms with Crippen molar-refractivity contribution < 1.29 is 54.0 Å². The molecule has 0 saturated carbocycles. The summed E-state index contributed by atoms with van der Waals surface area (Å²) < 4.78 is 0. The maximum atomic E-state index is 8.25. The zero-order chi connectivity index (χ0) is 25.0. The average Bonchev–Trinajstić information content (AvgIpc) is 2.92. The largest absolute Gasteiger partial charge is 1.00 e. The third kappa shape index (κ3) is 9.21. The molecule has 9 N–H and O–H groups in total. The fraction of sp³-hybridized carbons (Fsp3) is 0.0357. The second-order valence-electron chi connectivity index (χ2n) is 7.44. The normalized spacial score (nSPS) is 9.00. The minimum absolute atomic E-state index is 0.